The number of halogens is 1. The van der Waals surface area contributed by atoms with Gasteiger partial charge in [-0.25, -0.2) is 4.39 Å². The SMILES string of the molecule is O=C1C[C@@H](C(=O)NCC2(c3cccc(F)c3)CCOCC2)NC(=O)c2ccccc2OC[C@H]2CCCN2C(=O)[C@H](Cc2ccc(O)cc2)N1. The van der Waals surface area contributed by atoms with Gasteiger partial charge < -0.3 is 35.4 Å². The molecule has 2 fully saturated rings. The van der Waals surface area contributed by atoms with Crippen LogP contribution in [0, 0.1) is 5.82 Å². The lowest BCUT2D eigenvalue weighted by atomic mass is 9.74. The number of hydrogen-bond acceptors (Lipinski definition) is 7. The van der Waals surface area contributed by atoms with E-state index in [4.69, 9.17) is 9.47 Å². The third-order valence-electron chi connectivity index (χ3n) is 9.73. The zero-order valence-corrected chi connectivity index (χ0v) is 27.2. The summed E-state index contributed by atoms with van der Waals surface area (Å²) in [5.74, 6) is -2.08. The van der Waals surface area contributed by atoms with E-state index in [1.54, 1.807) is 47.4 Å². The maximum Gasteiger partial charge on any atom is 0.255 e. The second-order valence-corrected chi connectivity index (χ2v) is 13.0. The molecule has 6 rings (SSSR count). The number of phenols is 1. The first-order chi connectivity index (χ1) is 23.7. The van der Waals surface area contributed by atoms with Gasteiger partial charge in [-0.15, -0.1) is 0 Å². The molecular weight excluding hydrogens is 631 g/mol. The van der Waals surface area contributed by atoms with E-state index in [0.717, 1.165) is 17.5 Å². The van der Waals surface area contributed by atoms with E-state index in [-0.39, 0.29) is 48.7 Å². The van der Waals surface area contributed by atoms with Crippen molar-refractivity contribution in [3.05, 3.63) is 95.3 Å². The summed E-state index contributed by atoms with van der Waals surface area (Å²) in [5, 5.41) is 18.3. The molecule has 3 aliphatic heterocycles. The van der Waals surface area contributed by atoms with Crippen molar-refractivity contribution < 1.29 is 38.1 Å². The Kier molecular flexibility index (Phi) is 10.4. The monoisotopic (exact) mass is 672 g/mol. The number of ether oxygens (including phenoxy) is 2. The summed E-state index contributed by atoms with van der Waals surface area (Å²) in [6.45, 7) is 1.62. The van der Waals surface area contributed by atoms with Gasteiger partial charge in [0.05, 0.1) is 18.0 Å². The molecule has 0 aromatic heterocycles. The van der Waals surface area contributed by atoms with Crippen molar-refractivity contribution >= 4 is 23.6 Å². The quantitative estimate of drug-likeness (QED) is 0.315. The lowest BCUT2D eigenvalue weighted by Crippen LogP contribution is -2.55. The molecule has 3 aromatic carbocycles. The number of nitrogens with zero attached hydrogens (tertiary/aromatic N) is 1. The molecule has 0 unspecified atom stereocenters. The highest BCUT2D eigenvalue weighted by Crippen LogP contribution is 2.35. The Hall–Kier alpha value is -4.97. The number of carbonyl (C=O) groups is 4. The van der Waals surface area contributed by atoms with Crippen LogP contribution < -0.4 is 20.7 Å². The van der Waals surface area contributed by atoms with Crippen molar-refractivity contribution in [2.75, 3.05) is 32.9 Å². The van der Waals surface area contributed by atoms with Gasteiger partial charge in [0.15, 0.2) is 0 Å². The van der Waals surface area contributed by atoms with Crippen molar-refractivity contribution in [1.29, 1.82) is 0 Å². The molecule has 0 radical (unpaired) electrons. The van der Waals surface area contributed by atoms with E-state index in [1.165, 1.54) is 24.3 Å². The van der Waals surface area contributed by atoms with Gasteiger partial charge in [-0.2, -0.15) is 0 Å². The maximum absolute atomic E-state index is 14.3. The van der Waals surface area contributed by atoms with Gasteiger partial charge in [-0.3, -0.25) is 19.2 Å². The zero-order chi connectivity index (χ0) is 34.4. The van der Waals surface area contributed by atoms with Crippen LogP contribution in [0.15, 0.2) is 72.8 Å². The van der Waals surface area contributed by atoms with Crippen LogP contribution >= 0.6 is 0 Å². The molecular formula is C37H41FN4O7. The van der Waals surface area contributed by atoms with Crippen molar-refractivity contribution in [3.8, 4) is 11.5 Å². The standard InChI is InChI=1S/C37H41FN4O7/c38-26-6-3-5-25(20-26)37(14-17-48-18-15-37)23-39-35(46)30-21-33(44)40-31(19-24-10-12-28(43)13-11-24)36(47)42-16-4-7-27(42)22-49-32-9-2-1-8-29(32)34(45)41-30/h1-3,5-6,8-13,20,27,30-31,43H,4,7,14-19,21-23H2,(H,39,46)(H,40,44)(H,41,45)/t27-,30+,31+/m1/s1. The van der Waals surface area contributed by atoms with Crippen LogP contribution in [-0.2, 0) is 31.0 Å². The Bertz CT molecular complexity index is 1680. The lowest BCUT2D eigenvalue weighted by molar-refractivity contribution is -0.138. The minimum atomic E-state index is -1.31. The first-order valence-electron chi connectivity index (χ1n) is 16.7. The second-order valence-electron chi connectivity index (χ2n) is 13.0. The van der Waals surface area contributed by atoms with Crippen LogP contribution in [0.4, 0.5) is 4.39 Å². The molecule has 3 heterocycles. The molecule has 49 heavy (non-hydrogen) atoms. The van der Waals surface area contributed by atoms with Crippen LogP contribution in [-0.4, -0.2) is 84.7 Å². The Balaban J connectivity index is 1.28. The molecule has 4 amide bonds. The number of amides is 4. The van der Waals surface area contributed by atoms with Gasteiger partial charge >= 0.3 is 0 Å². The first kappa shape index (κ1) is 33.9. The number of para-hydroxylation sites is 1. The van der Waals surface area contributed by atoms with Crippen LogP contribution in [0.2, 0.25) is 0 Å². The highest BCUT2D eigenvalue weighted by molar-refractivity contribution is 6.01. The van der Waals surface area contributed by atoms with Gasteiger partial charge in [-0.05, 0) is 73.2 Å². The fourth-order valence-corrected chi connectivity index (χ4v) is 6.94. The summed E-state index contributed by atoms with van der Waals surface area (Å²) in [6.07, 6.45) is 2.24. The smallest absolute Gasteiger partial charge is 0.255 e. The van der Waals surface area contributed by atoms with Gasteiger partial charge in [0.25, 0.3) is 5.91 Å². The number of benzene rings is 3. The molecule has 0 aliphatic carbocycles. The third kappa shape index (κ3) is 8.02. The number of nitrogens with one attached hydrogen (secondary N) is 3. The Labute approximate surface area is 284 Å². The summed E-state index contributed by atoms with van der Waals surface area (Å²) in [7, 11) is 0. The largest absolute Gasteiger partial charge is 0.508 e. The summed E-state index contributed by atoms with van der Waals surface area (Å²) in [4.78, 5) is 57.0. The molecule has 3 atom stereocenters. The van der Waals surface area contributed by atoms with Crippen LogP contribution in [0.25, 0.3) is 0 Å². The van der Waals surface area contributed by atoms with E-state index >= 15 is 0 Å². The summed E-state index contributed by atoms with van der Waals surface area (Å²) in [5.41, 5.74) is 1.03. The van der Waals surface area contributed by atoms with E-state index < -0.39 is 41.6 Å². The van der Waals surface area contributed by atoms with E-state index in [1.807, 2.05) is 6.07 Å². The summed E-state index contributed by atoms with van der Waals surface area (Å²) in [6, 6.07) is 16.8. The molecule has 4 N–H and O–H groups in total. The highest BCUT2D eigenvalue weighted by Gasteiger charge is 2.38. The highest BCUT2D eigenvalue weighted by atomic mass is 19.1. The van der Waals surface area contributed by atoms with Crippen LogP contribution in [0.1, 0.15) is 53.6 Å². The van der Waals surface area contributed by atoms with E-state index in [9.17, 15) is 28.7 Å². The number of phenolic OH excluding ortho intramolecular Hbond substituents is 1. The Morgan fingerprint density at radius 3 is 2.55 bits per heavy atom. The molecule has 12 heteroatoms. The van der Waals surface area contributed by atoms with Gasteiger partial charge in [0.2, 0.25) is 17.7 Å². The summed E-state index contributed by atoms with van der Waals surface area (Å²) >= 11 is 0. The number of rotatable bonds is 6. The molecule has 0 spiro atoms. The molecule has 0 bridgehead atoms. The molecule has 3 aromatic rings. The number of aromatic hydroxyl groups is 1. The maximum atomic E-state index is 14.3. The second kappa shape index (κ2) is 15.1. The average Bonchev–Trinajstić information content (AvgIpc) is 3.58. The molecule has 3 aliphatic rings. The first-order valence-corrected chi connectivity index (χ1v) is 16.7. The predicted octanol–water partition coefficient (Wildman–Crippen LogP) is 3.00. The number of hydrogen-bond donors (Lipinski definition) is 4. The lowest BCUT2D eigenvalue weighted by Gasteiger charge is -2.38. The molecule has 11 nitrogen and oxygen atoms in total. The van der Waals surface area contributed by atoms with Crippen molar-refractivity contribution in [2.45, 2.75) is 62.1 Å². The predicted molar refractivity (Wildman–Crippen MR) is 177 cm³/mol. The van der Waals surface area contributed by atoms with Crippen molar-refractivity contribution in [1.82, 2.24) is 20.9 Å². The number of fused-ring (bicyclic) bond motifs is 2. The third-order valence-corrected chi connectivity index (χ3v) is 9.73. The van der Waals surface area contributed by atoms with E-state index in [2.05, 4.69) is 16.0 Å². The Morgan fingerprint density at radius 1 is 1.00 bits per heavy atom. The average molecular weight is 673 g/mol. The van der Waals surface area contributed by atoms with Crippen LogP contribution in [0.5, 0.6) is 11.5 Å². The van der Waals surface area contributed by atoms with E-state index in [0.29, 0.717) is 44.8 Å². The summed E-state index contributed by atoms with van der Waals surface area (Å²) < 4.78 is 26.0. The number of carbonyl (C=O) groups excluding carboxylic acids is 4. The molecule has 258 valence electrons. The van der Waals surface area contributed by atoms with Crippen molar-refractivity contribution in [3.63, 3.8) is 0 Å². The van der Waals surface area contributed by atoms with Crippen molar-refractivity contribution in [2.24, 2.45) is 0 Å². The molecule has 0 saturated carbocycles. The molecule has 2 saturated heterocycles. The van der Waals surface area contributed by atoms with Gasteiger partial charge in [0.1, 0.15) is 36.0 Å². The minimum absolute atomic E-state index is 0.0756. The zero-order valence-electron chi connectivity index (χ0n) is 27.2. The van der Waals surface area contributed by atoms with Crippen LogP contribution in [0.3, 0.4) is 0 Å². The fraction of sp³-hybridized carbons (Fsp3) is 0.405. The normalized spacial score (nSPS) is 22.8. The Morgan fingerprint density at radius 2 is 1.78 bits per heavy atom. The topological polar surface area (TPSA) is 146 Å². The fourth-order valence-electron chi connectivity index (χ4n) is 6.94. The van der Waals surface area contributed by atoms with Gasteiger partial charge in [0, 0.05) is 38.1 Å². The minimum Gasteiger partial charge on any atom is -0.508 e. The van der Waals surface area contributed by atoms with Gasteiger partial charge in [-0.1, -0.05) is 36.4 Å².